The number of rotatable bonds is 3. The summed E-state index contributed by atoms with van der Waals surface area (Å²) in [6, 6.07) is 5.74. The van der Waals surface area contributed by atoms with Crippen LogP contribution < -0.4 is 5.84 Å². The van der Waals surface area contributed by atoms with Gasteiger partial charge in [-0.15, -0.1) is 0 Å². The number of halogens is 3. The highest BCUT2D eigenvalue weighted by Gasteiger charge is 2.21. The minimum atomic E-state index is -2.41. The molecule has 92 valence electrons. The van der Waals surface area contributed by atoms with Crippen LogP contribution in [0.5, 0.6) is 0 Å². The Bertz CT molecular complexity index is 416. The Morgan fingerprint density at radius 3 is 2.47 bits per heavy atom. The van der Waals surface area contributed by atoms with Gasteiger partial charge in [-0.3, -0.25) is 5.01 Å². The van der Waals surface area contributed by atoms with Crippen molar-refractivity contribution in [2.45, 2.75) is 6.43 Å². The summed E-state index contributed by atoms with van der Waals surface area (Å²) >= 11 is 0. The van der Waals surface area contributed by atoms with Crippen molar-refractivity contribution < 1.29 is 13.2 Å². The van der Waals surface area contributed by atoms with Crippen LogP contribution in [0.2, 0.25) is 0 Å². The molecule has 0 fully saturated rings. The van der Waals surface area contributed by atoms with Crippen molar-refractivity contribution in [3.05, 3.63) is 41.8 Å². The van der Waals surface area contributed by atoms with Crippen LogP contribution in [0.1, 0.15) is 5.56 Å². The van der Waals surface area contributed by atoms with Crippen LogP contribution in [0.4, 0.5) is 13.2 Å². The van der Waals surface area contributed by atoms with Gasteiger partial charge in [0, 0.05) is 11.8 Å². The van der Waals surface area contributed by atoms with Crippen LogP contribution in [-0.2, 0) is 0 Å². The lowest BCUT2D eigenvalue weighted by Gasteiger charge is -2.18. The highest BCUT2D eigenvalue weighted by Crippen LogP contribution is 2.23. The van der Waals surface area contributed by atoms with Gasteiger partial charge in [-0.2, -0.15) is 0 Å². The van der Waals surface area contributed by atoms with Gasteiger partial charge in [0.1, 0.15) is 12.5 Å². The van der Waals surface area contributed by atoms with E-state index in [1.165, 1.54) is 22.0 Å². The second-order valence-electron chi connectivity index (χ2n) is 3.79. The van der Waals surface area contributed by atoms with Crippen LogP contribution in [0.15, 0.2) is 30.5 Å². The van der Waals surface area contributed by atoms with Crippen molar-refractivity contribution in [3.8, 4) is 0 Å². The van der Waals surface area contributed by atoms with Crippen molar-refractivity contribution in [2.75, 3.05) is 13.2 Å². The first-order valence-electron chi connectivity index (χ1n) is 5.08. The second kappa shape index (κ2) is 4.67. The van der Waals surface area contributed by atoms with E-state index in [4.69, 9.17) is 5.84 Å². The number of benzene rings is 1. The maximum atomic E-state index is 12.7. The Balaban J connectivity index is 2.17. The minimum Gasteiger partial charge on any atom is -0.351 e. The molecule has 0 amide bonds. The topological polar surface area (TPSA) is 32.5 Å². The molecule has 0 atom stereocenters. The van der Waals surface area contributed by atoms with E-state index in [-0.39, 0.29) is 19.0 Å². The molecule has 3 nitrogen and oxygen atoms in total. The van der Waals surface area contributed by atoms with Crippen molar-refractivity contribution in [1.29, 1.82) is 0 Å². The van der Waals surface area contributed by atoms with E-state index in [0.29, 0.717) is 11.3 Å². The standard InChI is InChI=1S/C11H12F3N3/c12-9-3-1-8(2-4-9)10-5-16(6-11(13)14)7-17(10)15/h1-5,11H,6-7,15H2. The van der Waals surface area contributed by atoms with Crippen LogP contribution in [0, 0.1) is 5.82 Å². The summed E-state index contributed by atoms with van der Waals surface area (Å²) in [4.78, 5) is 1.42. The van der Waals surface area contributed by atoms with Gasteiger partial charge in [-0.05, 0) is 24.3 Å². The highest BCUT2D eigenvalue weighted by atomic mass is 19.3. The Hall–Kier alpha value is -1.69. The molecule has 17 heavy (non-hydrogen) atoms. The molecular weight excluding hydrogens is 231 g/mol. The molecule has 6 heteroatoms. The van der Waals surface area contributed by atoms with E-state index >= 15 is 0 Å². The van der Waals surface area contributed by atoms with Crippen LogP contribution in [0.25, 0.3) is 5.70 Å². The number of hydrogen-bond donors (Lipinski definition) is 1. The molecule has 0 bridgehead atoms. The fourth-order valence-electron chi connectivity index (χ4n) is 1.71. The average Bonchev–Trinajstić information content (AvgIpc) is 2.59. The molecule has 0 spiro atoms. The Morgan fingerprint density at radius 1 is 1.24 bits per heavy atom. The van der Waals surface area contributed by atoms with Gasteiger partial charge >= 0.3 is 0 Å². The third-order valence-electron chi connectivity index (χ3n) is 2.46. The fourth-order valence-corrected chi connectivity index (χ4v) is 1.71. The molecule has 1 aliphatic rings. The predicted octanol–water partition coefficient (Wildman–Crippen LogP) is 1.84. The third-order valence-corrected chi connectivity index (χ3v) is 2.46. The molecule has 0 saturated carbocycles. The molecule has 1 aromatic rings. The lowest BCUT2D eigenvalue weighted by Crippen LogP contribution is -2.33. The lowest BCUT2D eigenvalue weighted by atomic mass is 10.1. The van der Waals surface area contributed by atoms with E-state index in [1.807, 2.05) is 0 Å². The summed E-state index contributed by atoms with van der Waals surface area (Å²) in [5, 5.41) is 1.36. The normalized spacial score (nSPS) is 15.7. The molecule has 1 heterocycles. The molecule has 0 aromatic heterocycles. The summed E-state index contributed by atoms with van der Waals surface area (Å²) in [7, 11) is 0. The summed E-state index contributed by atoms with van der Waals surface area (Å²) in [6.45, 7) is -0.157. The van der Waals surface area contributed by atoms with E-state index in [0.717, 1.165) is 0 Å². The fraction of sp³-hybridized carbons (Fsp3) is 0.273. The van der Waals surface area contributed by atoms with Gasteiger partial charge in [0.25, 0.3) is 6.43 Å². The molecule has 2 N–H and O–H groups in total. The Labute approximate surface area is 96.9 Å². The largest absolute Gasteiger partial charge is 0.351 e. The number of nitrogens with zero attached hydrogens (tertiary/aromatic N) is 2. The summed E-state index contributed by atoms with van der Waals surface area (Å²) in [5.41, 5.74) is 1.30. The molecule has 0 radical (unpaired) electrons. The van der Waals surface area contributed by atoms with Crippen LogP contribution >= 0.6 is 0 Å². The van der Waals surface area contributed by atoms with Gasteiger partial charge < -0.3 is 4.90 Å². The minimum absolute atomic E-state index is 0.205. The first-order valence-corrected chi connectivity index (χ1v) is 5.08. The summed E-state index contributed by atoms with van der Waals surface area (Å²) in [6.07, 6.45) is -0.855. The molecule has 2 rings (SSSR count). The van der Waals surface area contributed by atoms with Crippen molar-refractivity contribution >= 4 is 5.70 Å². The average molecular weight is 243 g/mol. The van der Waals surface area contributed by atoms with Crippen molar-refractivity contribution in [1.82, 2.24) is 9.91 Å². The first kappa shape index (κ1) is 11.8. The molecule has 0 unspecified atom stereocenters. The Kier molecular flexibility index (Phi) is 3.23. The molecule has 0 saturated heterocycles. The molecular formula is C11H12F3N3. The second-order valence-corrected chi connectivity index (χ2v) is 3.79. The number of hydrogen-bond acceptors (Lipinski definition) is 3. The molecule has 1 aliphatic heterocycles. The summed E-state index contributed by atoms with van der Waals surface area (Å²) < 4.78 is 37.2. The van der Waals surface area contributed by atoms with Gasteiger partial charge in [0.2, 0.25) is 0 Å². The highest BCUT2D eigenvalue weighted by molar-refractivity contribution is 5.64. The van der Waals surface area contributed by atoms with E-state index in [9.17, 15) is 13.2 Å². The maximum Gasteiger partial charge on any atom is 0.255 e. The van der Waals surface area contributed by atoms with E-state index < -0.39 is 6.43 Å². The van der Waals surface area contributed by atoms with Crippen molar-refractivity contribution in [2.24, 2.45) is 5.84 Å². The number of alkyl halides is 2. The van der Waals surface area contributed by atoms with E-state index in [1.54, 1.807) is 18.3 Å². The van der Waals surface area contributed by atoms with Crippen LogP contribution in [-0.4, -0.2) is 29.5 Å². The molecule has 0 aliphatic carbocycles. The lowest BCUT2D eigenvalue weighted by molar-refractivity contribution is 0.100. The first-order chi connectivity index (χ1) is 8.06. The van der Waals surface area contributed by atoms with E-state index in [2.05, 4.69) is 0 Å². The van der Waals surface area contributed by atoms with Gasteiger partial charge in [-0.25, -0.2) is 19.0 Å². The van der Waals surface area contributed by atoms with Crippen LogP contribution in [0.3, 0.4) is 0 Å². The third kappa shape index (κ3) is 2.71. The zero-order valence-electron chi connectivity index (χ0n) is 8.98. The van der Waals surface area contributed by atoms with Crippen molar-refractivity contribution in [3.63, 3.8) is 0 Å². The van der Waals surface area contributed by atoms with Gasteiger partial charge in [0.15, 0.2) is 0 Å². The Morgan fingerprint density at radius 2 is 1.88 bits per heavy atom. The zero-order valence-corrected chi connectivity index (χ0v) is 8.98. The summed E-state index contributed by atoms with van der Waals surface area (Å²) in [5.74, 6) is 5.35. The van der Waals surface area contributed by atoms with Gasteiger partial charge in [-0.1, -0.05) is 0 Å². The maximum absolute atomic E-state index is 12.7. The smallest absolute Gasteiger partial charge is 0.255 e. The zero-order chi connectivity index (χ0) is 12.4. The van der Waals surface area contributed by atoms with Gasteiger partial charge in [0.05, 0.1) is 12.2 Å². The number of hydrazine groups is 1. The quantitative estimate of drug-likeness (QED) is 0.822. The predicted molar refractivity (Wildman–Crippen MR) is 58.0 cm³/mol. The SMILES string of the molecule is NN1CN(CC(F)F)C=C1c1ccc(F)cc1. The monoisotopic (exact) mass is 243 g/mol. The number of nitrogens with two attached hydrogens (primary N) is 1. The molecule has 1 aromatic carbocycles.